The first-order chi connectivity index (χ1) is 12.7. The van der Waals surface area contributed by atoms with Crippen molar-refractivity contribution in [3.8, 4) is 5.75 Å². The van der Waals surface area contributed by atoms with Crippen LogP contribution < -0.4 is 15.8 Å². The summed E-state index contributed by atoms with van der Waals surface area (Å²) in [5, 5.41) is 2.45. The maximum absolute atomic E-state index is 12.4. The monoisotopic (exact) mass is 394 g/mol. The van der Waals surface area contributed by atoms with Gasteiger partial charge in [0.1, 0.15) is 23.0 Å². The van der Waals surface area contributed by atoms with Crippen molar-refractivity contribution < 1.29 is 28.6 Å². The minimum atomic E-state index is -1.06. The first-order valence-electron chi connectivity index (χ1n) is 9.04. The molecule has 0 spiro atoms. The first kappa shape index (κ1) is 23.3. The number of nitrogen functional groups attached to an aromatic ring is 1. The normalized spacial score (nSPS) is 12.6. The van der Waals surface area contributed by atoms with Gasteiger partial charge in [-0.05, 0) is 72.2 Å². The molecule has 8 nitrogen and oxygen atoms in total. The molecule has 0 unspecified atom stereocenters. The predicted molar refractivity (Wildman–Crippen MR) is 105 cm³/mol. The molecule has 1 rings (SSSR count). The highest BCUT2D eigenvalue weighted by molar-refractivity contribution is 5.83. The second kappa shape index (κ2) is 9.43. The number of esters is 2. The Labute approximate surface area is 165 Å². The Morgan fingerprint density at radius 3 is 2.00 bits per heavy atom. The molecule has 0 heterocycles. The topological polar surface area (TPSA) is 117 Å². The van der Waals surface area contributed by atoms with E-state index in [1.165, 1.54) is 12.1 Å². The van der Waals surface area contributed by atoms with E-state index in [1.807, 2.05) is 0 Å². The molecular formula is C20H30N2O6. The van der Waals surface area contributed by atoms with Crippen LogP contribution in [0.5, 0.6) is 5.75 Å². The van der Waals surface area contributed by atoms with Crippen LogP contribution in [0.1, 0.15) is 54.4 Å². The van der Waals surface area contributed by atoms with Crippen LogP contribution in [0, 0.1) is 0 Å². The SMILES string of the molecule is CC(C)(C)OC(=O)CC[C@H](NC(=O)Oc1ccc(N)cc1)C(=O)OC(C)(C)C. The molecule has 0 aromatic heterocycles. The van der Waals surface area contributed by atoms with Gasteiger partial charge in [-0.2, -0.15) is 0 Å². The zero-order valence-corrected chi connectivity index (χ0v) is 17.3. The molecule has 0 aliphatic heterocycles. The van der Waals surface area contributed by atoms with Crippen LogP contribution >= 0.6 is 0 Å². The van der Waals surface area contributed by atoms with Crippen molar-refractivity contribution in [1.82, 2.24) is 5.32 Å². The van der Waals surface area contributed by atoms with Gasteiger partial charge in [-0.15, -0.1) is 0 Å². The Hall–Kier alpha value is -2.77. The van der Waals surface area contributed by atoms with Gasteiger partial charge in [0.2, 0.25) is 0 Å². The summed E-state index contributed by atoms with van der Waals surface area (Å²) < 4.78 is 15.7. The molecule has 0 aliphatic rings. The Morgan fingerprint density at radius 2 is 1.50 bits per heavy atom. The highest BCUT2D eigenvalue weighted by Crippen LogP contribution is 2.15. The van der Waals surface area contributed by atoms with E-state index in [4.69, 9.17) is 19.9 Å². The van der Waals surface area contributed by atoms with Gasteiger partial charge >= 0.3 is 18.0 Å². The van der Waals surface area contributed by atoms with Gasteiger partial charge in [-0.3, -0.25) is 4.79 Å². The summed E-state index contributed by atoms with van der Waals surface area (Å²) in [5.41, 5.74) is 4.73. The number of benzene rings is 1. The minimum absolute atomic E-state index is 0.0145. The lowest BCUT2D eigenvalue weighted by atomic mass is 10.1. The van der Waals surface area contributed by atoms with E-state index < -0.39 is 35.3 Å². The Morgan fingerprint density at radius 1 is 0.964 bits per heavy atom. The Balaban J connectivity index is 2.76. The maximum Gasteiger partial charge on any atom is 0.413 e. The molecule has 1 amide bonds. The zero-order chi connectivity index (χ0) is 21.5. The number of hydrogen-bond acceptors (Lipinski definition) is 7. The van der Waals surface area contributed by atoms with Gasteiger partial charge < -0.3 is 25.3 Å². The third kappa shape index (κ3) is 9.80. The summed E-state index contributed by atoms with van der Waals surface area (Å²) >= 11 is 0. The van der Waals surface area contributed by atoms with Crippen molar-refractivity contribution in [3.63, 3.8) is 0 Å². The fourth-order valence-corrected chi connectivity index (χ4v) is 2.09. The van der Waals surface area contributed by atoms with Crippen molar-refractivity contribution in [2.45, 2.75) is 71.6 Å². The van der Waals surface area contributed by atoms with Crippen LogP contribution in [0.4, 0.5) is 10.5 Å². The average Bonchev–Trinajstić information content (AvgIpc) is 2.50. The highest BCUT2D eigenvalue weighted by Gasteiger charge is 2.28. The molecule has 0 radical (unpaired) electrons. The van der Waals surface area contributed by atoms with E-state index in [2.05, 4.69) is 5.32 Å². The lowest BCUT2D eigenvalue weighted by molar-refractivity contribution is -0.158. The summed E-state index contributed by atoms with van der Waals surface area (Å²) in [6, 6.07) is 5.15. The van der Waals surface area contributed by atoms with E-state index in [9.17, 15) is 14.4 Å². The highest BCUT2D eigenvalue weighted by atomic mass is 16.6. The number of amides is 1. The quantitative estimate of drug-likeness (QED) is 0.562. The number of hydrogen-bond donors (Lipinski definition) is 2. The predicted octanol–water partition coefficient (Wildman–Crippen LogP) is 3.19. The number of anilines is 1. The molecule has 0 fully saturated rings. The van der Waals surface area contributed by atoms with E-state index in [-0.39, 0.29) is 18.6 Å². The molecule has 3 N–H and O–H groups in total. The van der Waals surface area contributed by atoms with Gasteiger partial charge in [0.15, 0.2) is 0 Å². The van der Waals surface area contributed by atoms with Crippen molar-refractivity contribution in [3.05, 3.63) is 24.3 Å². The van der Waals surface area contributed by atoms with Crippen LogP contribution in [-0.4, -0.2) is 35.3 Å². The van der Waals surface area contributed by atoms with Crippen LogP contribution in [0.3, 0.4) is 0 Å². The number of ether oxygens (including phenoxy) is 3. The summed E-state index contributed by atoms with van der Waals surface area (Å²) in [6.07, 6.45) is -0.894. The lowest BCUT2D eigenvalue weighted by Crippen LogP contribution is -2.45. The number of rotatable bonds is 6. The molecule has 8 heteroatoms. The second-order valence-corrected chi connectivity index (χ2v) is 8.31. The van der Waals surface area contributed by atoms with E-state index in [0.29, 0.717) is 5.69 Å². The number of carbonyl (C=O) groups is 3. The molecule has 1 aromatic carbocycles. The van der Waals surface area contributed by atoms with E-state index in [0.717, 1.165) is 0 Å². The average molecular weight is 394 g/mol. The van der Waals surface area contributed by atoms with Crippen LogP contribution in [0.15, 0.2) is 24.3 Å². The third-order valence-corrected chi connectivity index (χ3v) is 3.13. The standard InChI is InChI=1S/C20H30N2O6/c1-19(2,3)27-16(23)12-11-15(17(24)28-20(4,5)6)22-18(25)26-14-9-7-13(21)8-10-14/h7-10,15H,11-12,21H2,1-6H3,(H,22,25)/t15-/m0/s1. The summed E-state index contributed by atoms with van der Waals surface area (Å²) in [7, 11) is 0. The Bertz CT molecular complexity index is 686. The molecule has 0 aliphatic carbocycles. The van der Waals surface area contributed by atoms with Gasteiger partial charge in [0, 0.05) is 12.1 Å². The van der Waals surface area contributed by atoms with Crippen LogP contribution in [0.25, 0.3) is 0 Å². The van der Waals surface area contributed by atoms with Gasteiger partial charge in [0.25, 0.3) is 0 Å². The smallest absolute Gasteiger partial charge is 0.413 e. The second-order valence-electron chi connectivity index (χ2n) is 8.31. The minimum Gasteiger partial charge on any atom is -0.460 e. The molecular weight excluding hydrogens is 364 g/mol. The van der Waals surface area contributed by atoms with Crippen LogP contribution in [-0.2, 0) is 19.1 Å². The molecule has 28 heavy (non-hydrogen) atoms. The largest absolute Gasteiger partial charge is 0.460 e. The van der Waals surface area contributed by atoms with E-state index >= 15 is 0 Å². The third-order valence-electron chi connectivity index (χ3n) is 3.13. The maximum atomic E-state index is 12.4. The van der Waals surface area contributed by atoms with E-state index in [1.54, 1.807) is 53.7 Å². The fourth-order valence-electron chi connectivity index (χ4n) is 2.09. The first-order valence-corrected chi connectivity index (χ1v) is 9.04. The molecule has 156 valence electrons. The fraction of sp³-hybridized carbons (Fsp3) is 0.550. The van der Waals surface area contributed by atoms with Crippen molar-refractivity contribution >= 4 is 23.7 Å². The molecule has 1 atom stereocenters. The molecule has 0 bridgehead atoms. The summed E-state index contributed by atoms with van der Waals surface area (Å²) in [5.74, 6) is -0.873. The summed E-state index contributed by atoms with van der Waals surface area (Å²) in [4.78, 5) is 36.5. The van der Waals surface area contributed by atoms with Gasteiger partial charge in [0.05, 0.1) is 0 Å². The molecule has 0 saturated carbocycles. The Kier molecular flexibility index (Phi) is 7.84. The number of carbonyl (C=O) groups excluding carboxylic acids is 3. The van der Waals surface area contributed by atoms with Crippen LogP contribution in [0.2, 0.25) is 0 Å². The molecule has 1 aromatic rings. The number of nitrogens with one attached hydrogen (secondary N) is 1. The van der Waals surface area contributed by atoms with Gasteiger partial charge in [-0.25, -0.2) is 9.59 Å². The number of nitrogens with two attached hydrogens (primary N) is 1. The van der Waals surface area contributed by atoms with Gasteiger partial charge in [-0.1, -0.05) is 0 Å². The lowest BCUT2D eigenvalue weighted by Gasteiger charge is -2.25. The zero-order valence-electron chi connectivity index (χ0n) is 17.3. The van der Waals surface area contributed by atoms with Crippen molar-refractivity contribution in [2.75, 3.05) is 5.73 Å². The van der Waals surface area contributed by atoms with Crippen molar-refractivity contribution in [1.29, 1.82) is 0 Å². The summed E-state index contributed by atoms with van der Waals surface area (Å²) in [6.45, 7) is 10.4. The van der Waals surface area contributed by atoms with Crippen molar-refractivity contribution in [2.24, 2.45) is 0 Å². The molecule has 0 saturated heterocycles.